The fraction of sp³-hybridized carbons (Fsp3) is 0.458. The van der Waals surface area contributed by atoms with Crippen molar-refractivity contribution in [3.63, 3.8) is 0 Å². The van der Waals surface area contributed by atoms with Crippen LogP contribution in [0.25, 0.3) is 0 Å². The second kappa shape index (κ2) is 10.4. The molecule has 0 saturated carbocycles. The third-order valence-corrected chi connectivity index (χ3v) is 5.78. The molecule has 7 nitrogen and oxygen atoms in total. The number of hydrogen-bond acceptors (Lipinski definition) is 6. The van der Waals surface area contributed by atoms with Crippen molar-refractivity contribution in [3.05, 3.63) is 47.5 Å². The minimum absolute atomic E-state index is 0.149. The van der Waals surface area contributed by atoms with Crippen molar-refractivity contribution in [2.24, 2.45) is 5.92 Å². The minimum Gasteiger partial charge on any atom is -0.497 e. The van der Waals surface area contributed by atoms with Crippen LogP contribution in [-0.4, -0.2) is 57.0 Å². The number of carboxylic acids is 1. The minimum atomic E-state index is -0.724. The predicted molar refractivity (Wildman–Crippen MR) is 117 cm³/mol. The van der Waals surface area contributed by atoms with Crippen molar-refractivity contribution >= 4 is 5.97 Å². The Balaban J connectivity index is 2.07. The average molecular weight is 430 g/mol. The zero-order chi connectivity index (χ0) is 22.4. The zero-order valence-electron chi connectivity index (χ0n) is 18.6. The number of piperidine rings is 1. The van der Waals surface area contributed by atoms with Crippen LogP contribution < -0.4 is 18.9 Å². The molecule has 1 fully saturated rings. The van der Waals surface area contributed by atoms with Crippen LogP contribution in [-0.2, 0) is 4.79 Å². The molecule has 2 aromatic rings. The van der Waals surface area contributed by atoms with Crippen LogP contribution in [0.1, 0.15) is 36.9 Å². The molecule has 1 saturated heterocycles. The van der Waals surface area contributed by atoms with Gasteiger partial charge in [0.2, 0.25) is 0 Å². The summed E-state index contributed by atoms with van der Waals surface area (Å²) in [6.45, 7) is 3.81. The van der Waals surface area contributed by atoms with Crippen LogP contribution in [0.15, 0.2) is 36.4 Å². The monoisotopic (exact) mass is 429 g/mol. The van der Waals surface area contributed by atoms with Gasteiger partial charge in [0.1, 0.15) is 11.5 Å². The van der Waals surface area contributed by atoms with E-state index in [4.69, 9.17) is 18.9 Å². The predicted octanol–water partition coefficient (Wildman–Crippen LogP) is 4.00. The van der Waals surface area contributed by atoms with Crippen LogP contribution >= 0.6 is 0 Å². The third-order valence-electron chi connectivity index (χ3n) is 5.78. The molecule has 0 bridgehead atoms. The number of aliphatic carboxylic acids is 1. The molecule has 1 atom stereocenters. The van der Waals surface area contributed by atoms with E-state index in [0.717, 1.165) is 22.6 Å². The number of carbonyl (C=O) groups is 1. The van der Waals surface area contributed by atoms with Crippen molar-refractivity contribution in [1.82, 2.24) is 4.90 Å². The van der Waals surface area contributed by atoms with Crippen molar-refractivity contribution in [2.75, 3.05) is 41.0 Å². The molecular weight excluding hydrogens is 398 g/mol. The van der Waals surface area contributed by atoms with Gasteiger partial charge in [-0.1, -0.05) is 6.07 Å². The van der Waals surface area contributed by atoms with Gasteiger partial charge >= 0.3 is 5.97 Å². The summed E-state index contributed by atoms with van der Waals surface area (Å²) in [5, 5.41) is 9.41. The standard InChI is InChI=1S/C24H31NO6/c1-5-31-21-8-6-17(14-22(21)30-4)23(25-12-10-16(11-13-25)24(26)27)19-15-18(28-2)7-9-20(19)29-3/h6-9,14-16,23H,5,10-13H2,1-4H3,(H,26,27). The Morgan fingerprint density at radius 2 is 1.68 bits per heavy atom. The summed E-state index contributed by atoms with van der Waals surface area (Å²) >= 11 is 0. The molecule has 1 unspecified atom stereocenters. The van der Waals surface area contributed by atoms with Crippen LogP contribution in [0.4, 0.5) is 0 Å². The summed E-state index contributed by atoms with van der Waals surface area (Å²) in [7, 11) is 4.91. The van der Waals surface area contributed by atoms with Gasteiger partial charge in [0.05, 0.1) is 39.9 Å². The number of ether oxygens (including phenoxy) is 4. The molecule has 3 rings (SSSR count). The number of nitrogens with zero attached hydrogens (tertiary/aromatic N) is 1. The SMILES string of the molecule is CCOc1ccc(C(c2cc(OC)ccc2OC)N2CCC(C(=O)O)CC2)cc1OC. The summed E-state index contributed by atoms with van der Waals surface area (Å²) in [5.41, 5.74) is 1.97. The Morgan fingerprint density at radius 3 is 2.26 bits per heavy atom. The summed E-state index contributed by atoms with van der Waals surface area (Å²) in [4.78, 5) is 13.7. The van der Waals surface area contributed by atoms with Gasteiger partial charge in [-0.15, -0.1) is 0 Å². The molecule has 2 aromatic carbocycles. The molecule has 7 heteroatoms. The number of methoxy groups -OCH3 is 3. The molecule has 31 heavy (non-hydrogen) atoms. The van der Waals surface area contributed by atoms with E-state index in [1.54, 1.807) is 21.3 Å². The van der Waals surface area contributed by atoms with Gasteiger partial charge in [-0.05, 0) is 68.8 Å². The van der Waals surface area contributed by atoms with Gasteiger partial charge in [-0.2, -0.15) is 0 Å². The first kappa shape index (κ1) is 22.7. The number of carboxylic acid groups (broad SMARTS) is 1. The molecule has 0 amide bonds. The molecule has 0 aromatic heterocycles. The lowest BCUT2D eigenvalue weighted by Crippen LogP contribution is -2.39. The highest BCUT2D eigenvalue weighted by Crippen LogP contribution is 2.41. The molecule has 1 aliphatic rings. The van der Waals surface area contributed by atoms with Gasteiger partial charge in [0.15, 0.2) is 11.5 Å². The fourth-order valence-electron chi connectivity index (χ4n) is 4.17. The number of benzene rings is 2. The topological polar surface area (TPSA) is 77.5 Å². The lowest BCUT2D eigenvalue weighted by molar-refractivity contribution is -0.143. The van der Waals surface area contributed by atoms with E-state index >= 15 is 0 Å². The highest BCUT2D eigenvalue weighted by molar-refractivity contribution is 5.70. The number of likely N-dealkylation sites (tertiary alicyclic amines) is 1. The maximum absolute atomic E-state index is 11.5. The van der Waals surface area contributed by atoms with E-state index in [2.05, 4.69) is 4.90 Å². The average Bonchev–Trinajstić information content (AvgIpc) is 2.80. The normalized spacial score (nSPS) is 15.9. The highest BCUT2D eigenvalue weighted by atomic mass is 16.5. The van der Waals surface area contributed by atoms with E-state index in [1.165, 1.54) is 0 Å². The Bertz CT molecular complexity index is 892. The zero-order valence-corrected chi connectivity index (χ0v) is 18.6. The van der Waals surface area contributed by atoms with Crippen molar-refractivity contribution in [1.29, 1.82) is 0 Å². The lowest BCUT2D eigenvalue weighted by atomic mass is 9.90. The summed E-state index contributed by atoms with van der Waals surface area (Å²) in [6.07, 6.45) is 1.21. The fourth-order valence-corrected chi connectivity index (χ4v) is 4.17. The molecule has 1 aliphatic heterocycles. The van der Waals surface area contributed by atoms with Crippen molar-refractivity contribution < 1.29 is 28.8 Å². The maximum atomic E-state index is 11.5. The van der Waals surface area contributed by atoms with Crippen LogP contribution in [0, 0.1) is 5.92 Å². The van der Waals surface area contributed by atoms with Crippen LogP contribution in [0.2, 0.25) is 0 Å². The second-order valence-corrected chi connectivity index (χ2v) is 7.50. The molecule has 0 radical (unpaired) electrons. The first-order chi connectivity index (χ1) is 15.0. The van der Waals surface area contributed by atoms with E-state index < -0.39 is 5.97 Å². The summed E-state index contributed by atoms with van der Waals surface area (Å²) < 4.78 is 22.4. The van der Waals surface area contributed by atoms with Gasteiger partial charge in [0.25, 0.3) is 0 Å². The maximum Gasteiger partial charge on any atom is 0.306 e. The number of hydrogen-bond donors (Lipinski definition) is 1. The largest absolute Gasteiger partial charge is 0.497 e. The lowest BCUT2D eigenvalue weighted by Gasteiger charge is -2.37. The Morgan fingerprint density at radius 1 is 1.00 bits per heavy atom. The molecule has 0 aliphatic carbocycles. The van der Waals surface area contributed by atoms with Gasteiger partial charge in [0, 0.05) is 5.56 Å². The quantitative estimate of drug-likeness (QED) is 0.646. The summed E-state index contributed by atoms with van der Waals surface area (Å²) in [6, 6.07) is 11.5. The molecular formula is C24H31NO6. The Hall–Kier alpha value is -2.93. The molecule has 1 heterocycles. The Kier molecular flexibility index (Phi) is 7.63. The van der Waals surface area contributed by atoms with Gasteiger partial charge in [-0.3, -0.25) is 9.69 Å². The molecule has 1 N–H and O–H groups in total. The van der Waals surface area contributed by atoms with E-state index in [0.29, 0.717) is 44.0 Å². The number of rotatable bonds is 9. The smallest absolute Gasteiger partial charge is 0.306 e. The first-order valence-corrected chi connectivity index (χ1v) is 10.5. The second-order valence-electron chi connectivity index (χ2n) is 7.50. The molecule has 168 valence electrons. The summed E-state index contributed by atoms with van der Waals surface area (Å²) in [5.74, 6) is 1.80. The first-order valence-electron chi connectivity index (χ1n) is 10.5. The molecule has 0 spiro atoms. The van der Waals surface area contributed by atoms with Crippen molar-refractivity contribution in [2.45, 2.75) is 25.8 Å². The van der Waals surface area contributed by atoms with E-state index in [1.807, 2.05) is 43.3 Å². The van der Waals surface area contributed by atoms with Gasteiger partial charge in [-0.25, -0.2) is 0 Å². The van der Waals surface area contributed by atoms with E-state index in [9.17, 15) is 9.90 Å². The Labute approximate surface area is 183 Å². The van der Waals surface area contributed by atoms with Gasteiger partial charge < -0.3 is 24.1 Å². The van der Waals surface area contributed by atoms with Crippen LogP contribution in [0.5, 0.6) is 23.0 Å². The third kappa shape index (κ3) is 5.05. The van der Waals surface area contributed by atoms with Crippen LogP contribution in [0.3, 0.4) is 0 Å². The highest BCUT2D eigenvalue weighted by Gasteiger charge is 2.32. The van der Waals surface area contributed by atoms with Crippen molar-refractivity contribution in [3.8, 4) is 23.0 Å². The van der Waals surface area contributed by atoms with E-state index in [-0.39, 0.29) is 12.0 Å².